The van der Waals surface area contributed by atoms with Crippen LogP contribution in [0.15, 0.2) is 0 Å². The number of ether oxygens (including phenoxy) is 1. The van der Waals surface area contributed by atoms with Gasteiger partial charge in [0.05, 0.1) is 7.11 Å². The maximum atomic E-state index is 12.0. The lowest BCUT2D eigenvalue weighted by atomic mass is 10.1. The van der Waals surface area contributed by atoms with Crippen molar-refractivity contribution in [3.63, 3.8) is 0 Å². The van der Waals surface area contributed by atoms with E-state index in [-0.39, 0.29) is 11.2 Å². The maximum Gasteiger partial charge on any atom is 0.471 e. The molecule has 0 heterocycles. The number of alkyl halides is 4. The van der Waals surface area contributed by atoms with Gasteiger partial charge in [0, 0.05) is 4.83 Å². The quantitative estimate of drug-likeness (QED) is 0.620. The highest BCUT2D eigenvalue weighted by atomic mass is 79.9. The predicted molar refractivity (Wildman–Crippen MR) is 57.6 cm³/mol. The number of amides is 1. The van der Waals surface area contributed by atoms with Crippen LogP contribution in [0.2, 0.25) is 0 Å². The van der Waals surface area contributed by atoms with Crippen LogP contribution >= 0.6 is 15.9 Å². The molecule has 2 atom stereocenters. The van der Waals surface area contributed by atoms with Crippen molar-refractivity contribution in [1.29, 1.82) is 0 Å². The number of hydrogen-bond acceptors (Lipinski definition) is 3. The minimum absolute atomic E-state index is 0.0254. The first kappa shape index (κ1) is 16.2. The lowest BCUT2D eigenvalue weighted by Gasteiger charge is -2.17. The second-order valence-corrected chi connectivity index (χ2v) is 4.97. The molecule has 0 aromatic carbocycles. The molecule has 0 aliphatic rings. The topological polar surface area (TPSA) is 55.4 Å². The number of methoxy groups -OCH3 is 1. The molecular weight excluding hydrogens is 307 g/mol. The minimum atomic E-state index is -5.01. The first-order valence-corrected chi connectivity index (χ1v) is 5.69. The molecule has 0 aliphatic carbocycles. The summed E-state index contributed by atoms with van der Waals surface area (Å²) in [4.78, 5) is 21.9. The molecule has 1 N–H and O–H groups in total. The van der Waals surface area contributed by atoms with Gasteiger partial charge < -0.3 is 10.1 Å². The molecule has 0 fully saturated rings. The normalized spacial score (nSPS) is 14.9. The summed E-state index contributed by atoms with van der Waals surface area (Å²) in [5.74, 6) is -3.04. The molecule has 0 spiro atoms. The van der Waals surface area contributed by atoms with Crippen LogP contribution in [0.5, 0.6) is 0 Å². The van der Waals surface area contributed by atoms with E-state index < -0.39 is 24.1 Å². The Labute approximate surface area is 105 Å². The fourth-order valence-electron chi connectivity index (χ4n) is 1.03. The van der Waals surface area contributed by atoms with Crippen molar-refractivity contribution in [2.24, 2.45) is 0 Å². The van der Waals surface area contributed by atoms with Crippen LogP contribution in [0.25, 0.3) is 0 Å². The van der Waals surface area contributed by atoms with Crippen molar-refractivity contribution in [2.45, 2.75) is 36.8 Å². The average Bonchev–Trinajstić information content (AvgIpc) is 2.20. The van der Waals surface area contributed by atoms with Crippen LogP contribution in [0.1, 0.15) is 19.8 Å². The molecule has 17 heavy (non-hydrogen) atoms. The van der Waals surface area contributed by atoms with Gasteiger partial charge in [-0.3, -0.25) is 4.79 Å². The van der Waals surface area contributed by atoms with Crippen molar-refractivity contribution in [3.8, 4) is 0 Å². The Balaban J connectivity index is 4.49. The summed E-state index contributed by atoms with van der Waals surface area (Å²) >= 11 is 3.19. The van der Waals surface area contributed by atoms with E-state index in [2.05, 4.69) is 20.7 Å². The molecule has 8 heteroatoms. The van der Waals surface area contributed by atoms with Crippen molar-refractivity contribution in [3.05, 3.63) is 0 Å². The van der Waals surface area contributed by atoms with E-state index >= 15 is 0 Å². The summed E-state index contributed by atoms with van der Waals surface area (Å²) in [6.45, 7) is 1.78. The molecule has 4 nitrogen and oxygen atoms in total. The van der Waals surface area contributed by atoms with Gasteiger partial charge in [-0.1, -0.05) is 22.9 Å². The van der Waals surface area contributed by atoms with Gasteiger partial charge in [-0.15, -0.1) is 0 Å². The zero-order chi connectivity index (χ0) is 13.6. The third kappa shape index (κ3) is 6.50. The van der Waals surface area contributed by atoms with Crippen LogP contribution in [0.4, 0.5) is 13.2 Å². The lowest BCUT2D eigenvalue weighted by Crippen LogP contribution is -2.47. The molecule has 0 aliphatic heterocycles. The van der Waals surface area contributed by atoms with Crippen LogP contribution < -0.4 is 5.32 Å². The van der Waals surface area contributed by atoms with Gasteiger partial charge in [-0.2, -0.15) is 13.2 Å². The Morgan fingerprint density at radius 1 is 1.35 bits per heavy atom. The van der Waals surface area contributed by atoms with Crippen LogP contribution in [0.3, 0.4) is 0 Å². The Kier molecular flexibility index (Phi) is 6.51. The second kappa shape index (κ2) is 6.83. The van der Waals surface area contributed by atoms with E-state index in [0.29, 0.717) is 6.42 Å². The van der Waals surface area contributed by atoms with Crippen molar-refractivity contribution >= 4 is 27.8 Å². The summed E-state index contributed by atoms with van der Waals surface area (Å²) in [7, 11) is 1.05. The highest BCUT2D eigenvalue weighted by Gasteiger charge is 2.40. The fraction of sp³-hybridized carbons (Fsp3) is 0.778. The van der Waals surface area contributed by atoms with Gasteiger partial charge in [-0.25, -0.2) is 4.79 Å². The van der Waals surface area contributed by atoms with Gasteiger partial charge in [0.25, 0.3) is 0 Å². The van der Waals surface area contributed by atoms with Crippen LogP contribution in [-0.2, 0) is 14.3 Å². The molecule has 0 rings (SSSR count). The Morgan fingerprint density at radius 3 is 2.24 bits per heavy atom. The number of nitrogens with one attached hydrogen (secondary N) is 1. The third-order valence-electron chi connectivity index (χ3n) is 1.90. The molecule has 0 bridgehead atoms. The zero-order valence-corrected chi connectivity index (χ0v) is 10.9. The summed E-state index contributed by atoms with van der Waals surface area (Å²) in [5, 5.41) is 1.60. The molecule has 0 saturated heterocycles. The van der Waals surface area contributed by atoms with Crippen molar-refractivity contribution in [2.75, 3.05) is 7.11 Å². The Bertz CT molecular complexity index is 281. The summed E-state index contributed by atoms with van der Waals surface area (Å²) in [6, 6.07) is -1.28. The van der Waals surface area contributed by atoms with Gasteiger partial charge in [0.15, 0.2) is 0 Å². The molecular formula is C9H13BrF3NO3. The van der Waals surface area contributed by atoms with Gasteiger partial charge in [0.1, 0.15) is 6.04 Å². The second-order valence-electron chi connectivity index (χ2n) is 3.41. The molecule has 1 unspecified atom stereocenters. The number of carbonyl (C=O) groups is 2. The van der Waals surface area contributed by atoms with E-state index in [4.69, 9.17) is 0 Å². The number of esters is 1. The lowest BCUT2D eigenvalue weighted by molar-refractivity contribution is -0.175. The molecule has 0 aromatic heterocycles. The van der Waals surface area contributed by atoms with Crippen molar-refractivity contribution < 1.29 is 27.5 Å². The highest BCUT2D eigenvalue weighted by Crippen LogP contribution is 2.16. The Morgan fingerprint density at radius 2 is 1.88 bits per heavy atom. The standard InChI is InChI=1S/C9H13BrF3NO3/c1-5(10)3-4-6(7(15)17-2)14-8(16)9(11,12)13/h5-6H,3-4H2,1-2H3,(H,14,16)/t5?,6-/m0/s1. The van der Waals surface area contributed by atoms with Crippen LogP contribution in [0, 0.1) is 0 Å². The van der Waals surface area contributed by atoms with Crippen molar-refractivity contribution in [1.82, 2.24) is 5.32 Å². The number of hydrogen-bond donors (Lipinski definition) is 1. The fourth-order valence-corrected chi connectivity index (χ4v) is 1.29. The summed E-state index contributed by atoms with van der Waals surface area (Å²) < 4.78 is 40.3. The van der Waals surface area contributed by atoms with E-state index in [1.807, 2.05) is 0 Å². The summed E-state index contributed by atoms with van der Waals surface area (Å²) in [6.07, 6.45) is -4.51. The first-order valence-electron chi connectivity index (χ1n) is 4.78. The third-order valence-corrected chi connectivity index (χ3v) is 2.36. The molecule has 1 amide bonds. The zero-order valence-electron chi connectivity index (χ0n) is 9.31. The predicted octanol–water partition coefficient (Wildman–Crippen LogP) is 1.77. The smallest absolute Gasteiger partial charge is 0.467 e. The number of carbonyl (C=O) groups excluding carboxylic acids is 2. The first-order chi connectivity index (χ1) is 7.68. The SMILES string of the molecule is COC(=O)[C@H](CCC(C)Br)NC(=O)C(F)(F)F. The molecule has 0 saturated carbocycles. The number of halogens is 4. The van der Waals surface area contributed by atoms with Gasteiger partial charge in [-0.05, 0) is 12.8 Å². The number of rotatable bonds is 5. The van der Waals surface area contributed by atoms with E-state index in [9.17, 15) is 22.8 Å². The molecule has 100 valence electrons. The Hall–Kier alpha value is -0.790. The van der Waals surface area contributed by atoms with E-state index in [1.165, 1.54) is 0 Å². The summed E-state index contributed by atoms with van der Waals surface area (Å²) in [5.41, 5.74) is 0. The maximum absolute atomic E-state index is 12.0. The largest absolute Gasteiger partial charge is 0.471 e. The van der Waals surface area contributed by atoms with E-state index in [1.54, 1.807) is 12.2 Å². The molecule has 0 aromatic rings. The minimum Gasteiger partial charge on any atom is -0.467 e. The van der Waals surface area contributed by atoms with Gasteiger partial charge in [0.2, 0.25) is 0 Å². The monoisotopic (exact) mass is 319 g/mol. The highest BCUT2D eigenvalue weighted by molar-refractivity contribution is 9.09. The molecule has 0 radical (unpaired) electrons. The van der Waals surface area contributed by atoms with Gasteiger partial charge >= 0.3 is 18.1 Å². The van der Waals surface area contributed by atoms with E-state index in [0.717, 1.165) is 7.11 Å². The van der Waals surface area contributed by atoms with Crippen LogP contribution in [-0.4, -0.2) is 36.0 Å². The average molecular weight is 320 g/mol.